The van der Waals surface area contributed by atoms with Crippen molar-refractivity contribution in [1.29, 1.82) is 0 Å². The second-order valence-corrected chi connectivity index (χ2v) is 9.81. The number of hydrogen-bond donors (Lipinski definition) is 1. The van der Waals surface area contributed by atoms with Crippen molar-refractivity contribution in [1.82, 2.24) is 9.97 Å². The lowest BCUT2D eigenvalue weighted by atomic mass is 9.87. The van der Waals surface area contributed by atoms with Gasteiger partial charge in [-0.05, 0) is 72.1 Å². The van der Waals surface area contributed by atoms with Gasteiger partial charge in [0.15, 0.2) is 0 Å². The number of carboxylic acids is 1. The number of fused-ring (bicyclic) bond motifs is 1. The predicted octanol–water partition coefficient (Wildman–Crippen LogP) is 6.11. The van der Waals surface area contributed by atoms with Crippen molar-refractivity contribution in [3.8, 4) is 5.75 Å². The van der Waals surface area contributed by atoms with Gasteiger partial charge in [0.05, 0.1) is 12.0 Å². The summed E-state index contributed by atoms with van der Waals surface area (Å²) in [6.07, 6.45) is 2.21. The van der Waals surface area contributed by atoms with Crippen LogP contribution in [0.1, 0.15) is 54.5 Å². The molecule has 4 rings (SSSR count). The van der Waals surface area contributed by atoms with E-state index < -0.39 is 17.7 Å². The van der Waals surface area contributed by atoms with Gasteiger partial charge in [0.1, 0.15) is 11.9 Å². The highest BCUT2D eigenvalue weighted by molar-refractivity contribution is 5.71. The van der Waals surface area contributed by atoms with Gasteiger partial charge in [0.2, 0.25) is 5.95 Å². The molecule has 2 aromatic carbocycles. The van der Waals surface area contributed by atoms with Crippen LogP contribution in [0.4, 0.5) is 19.1 Å². The standard InChI is InChI=1S/C29H32F3N3O3/c1-3-20-16-33-28(34-17-20)35(18-21-9-11-23(12-10-21)29(30,31)32)13-5-8-25-19(2)14-24-22(15-27(36)37)6-4-7-26(24)38-25/h4,6-7,9-12,16-17,19,25H,3,5,8,13-15,18H2,1-2H3,(H,36,37). The summed E-state index contributed by atoms with van der Waals surface area (Å²) in [5.74, 6) is 0.617. The van der Waals surface area contributed by atoms with E-state index in [4.69, 9.17) is 4.74 Å². The number of carboxylic acid groups (broad SMARTS) is 1. The van der Waals surface area contributed by atoms with Crippen molar-refractivity contribution in [2.24, 2.45) is 5.92 Å². The minimum atomic E-state index is -4.37. The van der Waals surface area contributed by atoms with Crippen molar-refractivity contribution < 1.29 is 27.8 Å². The molecule has 0 bridgehead atoms. The van der Waals surface area contributed by atoms with E-state index in [0.717, 1.165) is 65.8 Å². The Kier molecular flexibility index (Phi) is 8.54. The van der Waals surface area contributed by atoms with Crippen LogP contribution in [-0.2, 0) is 36.8 Å². The molecule has 0 spiro atoms. The average molecular weight is 528 g/mol. The number of anilines is 1. The molecule has 6 nitrogen and oxygen atoms in total. The number of carbonyl (C=O) groups is 1. The van der Waals surface area contributed by atoms with Gasteiger partial charge in [-0.3, -0.25) is 4.79 Å². The first-order chi connectivity index (χ1) is 18.1. The molecule has 1 aliphatic rings. The number of halogens is 3. The maximum absolute atomic E-state index is 13.0. The van der Waals surface area contributed by atoms with Crippen LogP contribution in [-0.4, -0.2) is 33.7 Å². The maximum Gasteiger partial charge on any atom is 0.416 e. The highest BCUT2D eigenvalue weighted by Gasteiger charge is 2.30. The predicted molar refractivity (Wildman–Crippen MR) is 138 cm³/mol. The van der Waals surface area contributed by atoms with E-state index in [1.807, 2.05) is 30.0 Å². The molecule has 1 N–H and O–H groups in total. The zero-order valence-corrected chi connectivity index (χ0v) is 21.5. The Morgan fingerprint density at radius 3 is 2.45 bits per heavy atom. The largest absolute Gasteiger partial charge is 0.490 e. The Morgan fingerprint density at radius 2 is 1.82 bits per heavy atom. The van der Waals surface area contributed by atoms with E-state index in [-0.39, 0.29) is 18.4 Å². The third kappa shape index (κ3) is 6.82. The van der Waals surface area contributed by atoms with Crippen molar-refractivity contribution in [2.45, 2.75) is 64.8 Å². The molecular weight excluding hydrogens is 495 g/mol. The highest BCUT2D eigenvalue weighted by Crippen LogP contribution is 2.35. The van der Waals surface area contributed by atoms with Gasteiger partial charge in [-0.15, -0.1) is 0 Å². The average Bonchev–Trinajstić information content (AvgIpc) is 2.88. The molecule has 202 valence electrons. The maximum atomic E-state index is 13.0. The van der Waals surface area contributed by atoms with Gasteiger partial charge in [0.25, 0.3) is 0 Å². The molecule has 3 aromatic rings. The van der Waals surface area contributed by atoms with Crippen molar-refractivity contribution in [3.05, 3.63) is 82.7 Å². The van der Waals surface area contributed by atoms with Crippen LogP contribution in [0.2, 0.25) is 0 Å². The summed E-state index contributed by atoms with van der Waals surface area (Å²) in [4.78, 5) is 22.2. The minimum Gasteiger partial charge on any atom is -0.490 e. The second-order valence-electron chi connectivity index (χ2n) is 9.81. The van der Waals surface area contributed by atoms with Gasteiger partial charge in [-0.1, -0.05) is 38.1 Å². The summed E-state index contributed by atoms with van der Waals surface area (Å²) >= 11 is 0. The Hall–Kier alpha value is -3.62. The molecule has 9 heteroatoms. The van der Waals surface area contributed by atoms with E-state index in [9.17, 15) is 23.1 Å². The second kappa shape index (κ2) is 11.8. The lowest BCUT2D eigenvalue weighted by Gasteiger charge is -2.33. The molecule has 0 saturated carbocycles. The molecule has 1 aromatic heterocycles. The zero-order valence-electron chi connectivity index (χ0n) is 21.5. The molecule has 0 saturated heterocycles. The topological polar surface area (TPSA) is 75.6 Å². The third-order valence-corrected chi connectivity index (χ3v) is 6.96. The number of aromatic nitrogens is 2. The summed E-state index contributed by atoms with van der Waals surface area (Å²) in [6.45, 7) is 5.11. The first kappa shape index (κ1) is 27.4. The number of ether oxygens (including phenoxy) is 1. The quantitative estimate of drug-likeness (QED) is 0.343. The molecule has 38 heavy (non-hydrogen) atoms. The Morgan fingerprint density at radius 1 is 1.11 bits per heavy atom. The van der Waals surface area contributed by atoms with Crippen LogP contribution < -0.4 is 9.64 Å². The van der Waals surface area contributed by atoms with Crippen molar-refractivity contribution in [3.63, 3.8) is 0 Å². The van der Waals surface area contributed by atoms with E-state index in [0.29, 0.717) is 19.0 Å². The molecule has 0 amide bonds. The fourth-order valence-corrected chi connectivity index (χ4v) is 4.80. The Labute approximate surface area is 220 Å². The molecule has 2 unspecified atom stereocenters. The molecule has 0 radical (unpaired) electrons. The van der Waals surface area contributed by atoms with E-state index >= 15 is 0 Å². The summed E-state index contributed by atoms with van der Waals surface area (Å²) in [6, 6.07) is 10.7. The lowest BCUT2D eigenvalue weighted by Crippen LogP contribution is -2.33. The number of benzene rings is 2. The summed E-state index contributed by atoms with van der Waals surface area (Å²) in [7, 11) is 0. The van der Waals surface area contributed by atoms with Crippen molar-refractivity contribution in [2.75, 3.05) is 11.4 Å². The Bertz CT molecular complexity index is 1230. The van der Waals surface area contributed by atoms with Gasteiger partial charge in [0, 0.05) is 25.5 Å². The van der Waals surface area contributed by atoms with Crippen LogP contribution >= 0.6 is 0 Å². The Balaban J connectivity index is 1.44. The van der Waals surface area contributed by atoms with Crippen LogP contribution in [0.5, 0.6) is 5.75 Å². The van der Waals surface area contributed by atoms with Gasteiger partial charge >= 0.3 is 12.1 Å². The minimum absolute atomic E-state index is 0.0281. The van der Waals surface area contributed by atoms with Gasteiger partial charge in [-0.25, -0.2) is 9.97 Å². The number of aryl methyl sites for hydroxylation is 1. The number of alkyl halides is 3. The van der Waals surface area contributed by atoms with Crippen LogP contribution in [0.25, 0.3) is 0 Å². The first-order valence-corrected chi connectivity index (χ1v) is 12.8. The number of hydrogen-bond acceptors (Lipinski definition) is 5. The van der Waals surface area contributed by atoms with Crippen molar-refractivity contribution >= 4 is 11.9 Å². The molecule has 0 aliphatic carbocycles. The molecule has 2 heterocycles. The highest BCUT2D eigenvalue weighted by atomic mass is 19.4. The lowest BCUT2D eigenvalue weighted by molar-refractivity contribution is -0.138. The molecule has 2 atom stereocenters. The van der Waals surface area contributed by atoms with Gasteiger partial charge < -0.3 is 14.7 Å². The molecular formula is C29H32F3N3O3. The summed E-state index contributed by atoms with van der Waals surface area (Å²) < 4.78 is 45.3. The zero-order chi connectivity index (χ0) is 27.3. The van der Waals surface area contributed by atoms with E-state index in [1.54, 1.807) is 12.4 Å². The monoisotopic (exact) mass is 527 g/mol. The van der Waals surface area contributed by atoms with Crippen LogP contribution in [0, 0.1) is 5.92 Å². The summed E-state index contributed by atoms with van der Waals surface area (Å²) in [5, 5.41) is 9.23. The molecule has 1 aliphatic heterocycles. The molecule has 0 fully saturated rings. The third-order valence-electron chi connectivity index (χ3n) is 6.96. The van der Waals surface area contributed by atoms with E-state index in [1.165, 1.54) is 12.1 Å². The normalized spacial score (nSPS) is 17.0. The van der Waals surface area contributed by atoms with E-state index in [2.05, 4.69) is 16.9 Å². The SMILES string of the molecule is CCc1cnc(N(CCCC2Oc3cccc(CC(=O)O)c3CC2C)Cc2ccc(C(F)(F)F)cc2)nc1. The van der Waals surface area contributed by atoms with Crippen LogP contribution in [0.3, 0.4) is 0 Å². The fourth-order valence-electron chi connectivity index (χ4n) is 4.80. The number of nitrogens with zero attached hydrogens (tertiary/aromatic N) is 3. The van der Waals surface area contributed by atoms with Gasteiger partial charge in [-0.2, -0.15) is 13.2 Å². The fraction of sp³-hybridized carbons (Fsp3) is 0.414. The van der Waals surface area contributed by atoms with Crippen LogP contribution in [0.15, 0.2) is 54.9 Å². The summed E-state index contributed by atoms with van der Waals surface area (Å²) in [5.41, 5.74) is 2.83. The smallest absolute Gasteiger partial charge is 0.416 e. The number of rotatable bonds is 10. The number of aliphatic carboxylic acids is 1. The first-order valence-electron chi connectivity index (χ1n) is 12.8.